The van der Waals surface area contributed by atoms with E-state index in [2.05, 4.69) is 59.7 Å². The maximum atomic E-state index is 12.0. The van der Waals surface area contributed by atoms with E-state index in [1.807, 2.05) is 0 Å². The molecular weight excluding hydrogens is 208 g/mol. The zero-order valence-electron chi connectivity index (χ0n) is 12.1. The number of carbonyl (C=O) groups is 1. The predicted molar refractivity (Wildman–Crippen MR) is 73.8 cm³/mol. The fraction of sp³-hybridized carbons (Fsp3) is 0.562. The van der Waals surface area contributed by atoms with Gasteiger partial charge in [-0.2, -0.15) is 0 Å². The largest absolute Gasteiger partial charge is 0.294 e. The molecule has 0 N–H and O–H groups in total. The second kappa shape index (κ2) is 4.29. The van der Waals surface area contributed by atoms with Crippen LogP contribution in [0.2, 0.25) is 0 Å². The number of rotatable bonds is 1. The van der Waals surface area contributed by atoms with Crippen molar-refractivity contribution in [3.05, 3.63) is 34.9 Å². The first-order chi connectivity index (χ1) is 7.55. The van der Waals surface area contributed by atoms with Gasteiger partial charge < -0.3 is 0 Å². The molecule has 0 aliphatic carbocycles. The maximum Gasteiger partial charge on any atom is 0.160 e. The van der Waals surface area contributed by atoms with Crippen LogP contribution in [0, 0.1) is 0 Å². The first kappa shape index (κ1) is 14.0. The molecule has 0 aliphatic heterocycles. The summed E-state index contributed by atoms with van der Waals surface area (Å²) in [6, 6.07) is 6.21. The molecule has 0 saturated heterocycles. The van der Waals surface area contributed by atoms with E-state index in [-0.39, 0.29) is 16.6 Å². The second-order valence-corrected chi connectivity index (χ2v) is 6.78. The van der Waals surface area contributed by atoms with Crippen molar-refractivity contribution < 1.29 is 4.79 Å². The van der Waals surface area contributed by atoms with E-state index in [1.54, 1.807) is 6.92 Å². The van der Waals surface area contributed by atoms with Gasteiger partial charge in [0.2, 0.25) is 0 Å². The Balaban J connectivity index is 3.61. The van der Waals surface area contributed by atoms with Gasteiger partial charge in [-0.05, 0) is 28.9 Å². The molecule has 0 radical (unpaired) electrons. The predicted octanol–water partition coefficient (Wildman–Crippen LogP) is 4.48. The fourth-order valence-electron chi connectivity index (χ4n) is 2.18. The summed E-state index contributed by atoms with van der Waals surface area (Å²) >= 11 is 0. The van der Waals surface area contributed by atoms with Gasteiger partial charge in [-0.25, -0.2) is 0 Å². The second-order valence-electron chi connectivity index (χ2n) is 6.78. The molecule has 0 aliphatic rings. The summed E-state index contributed by atoms with van der Waals surface area (Å²) in [6.07, 6.45) is 0. The number of Topliss-reactive ketones (excluding diaryl/α,β-unsaturated/α-hetero) is 1. The molecule has 1 aromatic carbocycles. The van der Waals surface area contributed by atoms with Gasteiger partial charge in [0.1, 0.15) is 0 Å². The lowest BCUT2D eigenvalue weighted by molar-refractivity contribution is 0.101. The molecule has 0 aromatic heterocycles. The van der Waals surface area contributed by atoms with Crippen molar-refractivity contribution in [2.24, 2.45) is 0 Å². The molecule has 0 amide bonds. The van der Waals surface area contributed by atoms with E-state index in [4.69, 9.17) is 0 Å². The lowest BCUT2D eigenvalue weighted by Gasteiger charge is -2.28. The van der Waals surface area contributed by atoms with Crippen molar-refractivity contribution in [3.8, 4) is 0 Å². The average molecular weight is 232 g/mol. The molecule has 1 rings (SSSR count). The number of ketones is 1. The van der Waals surface area contributed by atoms with E-state index in [1.165, 1.54) is 0 Å². The Morgan fingerprint density at radius 2 is 1.24 bits per heavy atom. The molecule has 1 aromatic rings. The molecule has 0 bridgehead atoms. The highest BCUT2D eigenvalue weighted by atomic mass is 16.1. The Labute approximate surface area is 105 Å². The average Bonchev–Trinajstić information content (AvgIpc) is 2.13. The standard InChI is InChI=1S/C16H24O/c1-11(17)14-12(15(2,3)4)9-8-10-13(14)16(5,6)7/h8-10H,1-7H3. The van der Waals surface area contributed by atoms with Gasteiger partial charge in [0.15, 0.2) is 5.78 Å². The Morgan fingerprint density at radius 3 is 1.47 bits per heavy atom. The van der Waals surface area contributed by atoms with Crippen molar-refractivity contribution in [1.29, 1.82) is 0 Å². The molecular formula is C16H24O. The van der Waals surface area contributed by atoms with Crippen LogP contribution < -0.4 is 0 Å². The van der Waals surface area contributed by atoms with Gasteiger partial charge in [0, 0.05) is 5.56 Å². The number of hydrogen-bond acceptors (Lipinski definition) is 1. The third kappa shape index (κ3) is 2.96. The van der Waals surface area contributed by atoms with Crippen LogP contribution >= 0.6 is 0 Å². The van der Waals surface area contributed by atoms with E-state index >= 15 is 0 Å². The summed E-state index contributed by atoms with van der Waals surface area (Å²) in [7, 11) is 0. The highest BCUT2D eigenvalue weighted by molar-refractivity contribution is 5.97. The van der Waals surface area contributed by atoms with Crippen LogP contribution in [0.4, 0.5) is 0 Å². The third-order valence-corrected chi connectivity index (χ3v) is 3.03. The number of hydrogen-bond donors (Lipinski definition) is 0. The number of benzene rings is 1. The molecule has 1 nitrogen and oxygen atoms in total. The minimum absolute atomic E-state index is 0.00225. The molecule has 0 unspecified atom stereocenters. The lowest BCUT2D eigenvalue weighted by atomic mass is 9.75. The normalized spacial score (nSPS) is 12.6. The summed E-state index contributed by atoms with van der Waals surface area (Å²) in [4.78, 5) is 12.0. The van der Waals surface area contributed by atoms with Gasteiger partial charge in [-0.1, -0.05) is 59.7 Å². The van der Waals surface area contributed by atoms with E-state index in [9.17, 15) is 4.79 Å². The van der Waals surface area contributed by atoms with E-state index in [0.29, 0.717) is 0 Å². The van der Waals surface area contributed by atoms with Gasteiger partial charge in [-0.15, -0.1) is 0 Å². The SMILES string of the molecule is CC(=O)c1c(C(C)(C)C)cccc1C(C)(C)C. The molecule has 0 fully saturated rings. The third-order valence-electron chi connectivity index (χ3n) is 3.03. The van der Waals surface area contributed by atoms with Gasteiger partial charge in [-0.3, -0.25) is 4.79 Å². The van der Waals surface area contributed by atoms with Crippen LogP contribution in [-0.2, 0) is 10.8 Å². The Morgan fingerprint density at radius 1 is 0.882 bits per heavy atom. The molecule has 0 atom stereocenters. The van der Waals surface area contributed by atoms with Crippen LogP contribution in [0.5, 0.6) is 0 Å². The summed E-state index contributed by atoms with van der Waals surface area (Å²) in [5.74, 6) is 0.167. The van der Waals surface area contributed by atoms with E-state index < -0.39 is 0 Å². The summed E-state index contributed by atoms with van der Waals surface area (Å²) < 4.78 is 0. The quantitative estimate of drug-likeness (QED) is 0.652. The highest BCUT2D eigenvalue weighted by Crippen LogP contribution is 2.33. The van der Waals surface area contributed by atoms with Gasteiger partial charge in [0.25, 0.3) is 0 Å². The molecule has 0 heterocycles. The molecule has 0 spiro atoms. The van der Waals surface area contributed by atoms with Crippen molar-refractivity contribution >= 4 is 5.78 Å². The van der Waals surface area contributed by atoms with Gasteiger partial charge in [0.05, 0.1) is 0 Å². The minimum atomic E-state index is 0.00225. The van der Waals surface area contributed by atoms with Crippen LogP contribution in [0.25, 0.3) is 0 Å². The van der Waals surface area contributed by atoms with E-state index in [0.717, 1.165) is 16.7 Å². The Kier molecular flexibility index (Phi) is 3.52. The van der Waals surface area contributed by atoms with Crippen molar-refractivity contribution in [2.45, 2.75) is 59.3 Å². The zero-order chi connectivity index (χ0) is 13.4. The fourth-order valence-corrected chi connectivity index (χ4v) is 2.18. The lowest BCUT2D eigenvalue weighted by Crippen LogP contribution is -2.22. The van der Waals surface area contributed by atoms with Crippen LogP contribution in [-0.4, -0.2) is 5.78 Å². The molecule has 1 heteroatoms. The smallest absolute Gasteiger partial charge is 0.160 e. The monoisotopic (exact) mass is 232 g/mol. The summed E-state index contributed by atoms with van der Waals surface area (Å²) in [5.41, 5.74) is 3.22. The van der Waals surface area contributed by atoms with Crippen molar-refractivity contribution in [1.82, 2.24) is 0 Å². The highest BCUT2D eigenvalue weighted by Gasteiger charge is 2.26. The zero-order valence-corrected chi connectivity index (χ0v) is 12.1. The molecule has 0 saturated carbocycles. The summed E-state index contributed by atoms with van der Waals surface area (Å²) in [6.45, 7) is 14.6. The number of carbonyl (C=O) groups excluding carboxylic acids is 1. The molecule has 17 heavy (non-hydrogen) atoms. The Hall–Kier alpha value is -1.11. The summed E-state index contributed by atoms with van der Waals surface area (Å²) in [5, 5.41) is 0. The maximum absolute atomic E-state index is 12.0. The Bertz CT molecular complexity index is 396. The van der Waals surface area contributed by atoms with Crippen molar-refractivity contribution in [3.63, 3.8) is 0 Å². The van der Waals surface area contributed by atoms with Crippen molar-refractivity contribution in [2.75, 3.05) is 0 Å². The van der Waals surface area contributed by atoms with Crippen LogP contribution in [0.1, 0.15) is 70.0 Å². The first-order valence-corrected chi connectivity index (χ1v) is 6.20. The molecule has 94 valence electrons. The minimum Gasteiger partial charge on any atom is -0.294 e. The first-order valence-electron chi connectivity index (χ1n) is 6.20. The van der Waals surface area contributed by atoms with Crippen LogP contribution in [0.15, 0.2) is 18.2 Å². The topological polar surface area (TPSA) is 17.1 Å². The van der Waals surface area contributed by atoms with Gasteiger partial charge >= 0.3 is 0 Å². The van der Waals surface area contributed by atoms with Crippen LogP contribution in [0.3, 0.4) is 0 Å².